The lowest BCUT2D eigenvalue weighted by molar-refractivity contribution is 0.159. The van der Waals surface area contributed by atoms with Gasteiger partial charge in [0.15, 0.2) is 0 Å². The number of anilines is 1. The Kier molecular flexibility index (Phi) is 7.03. The second-order valence-corrected chi connectivity index (χ2v) is 4.12. The number of hydrogen-bond acceptors (Lipinski definition) is 3. The fraction of sp³-hybridized carbons (Fsp3) is 0.462. The van der Waals surface area contributed by atoms with E-state index < -0.39 is 6.09 Å². The summed E-state index contributed by atoms with van der Waals surface area (Å²) in [5, 5.41) is 2.64. The maximum Gasteiger partial charge on any atom is 0.411 e. The minimum atomic E-state index is -0.439. The lowest BCUT2D eigenvalue weighted by Crippen LogP contribution is -2.14. The molecule has 1 aromatic rings. The molecule has 0 aliphatic carbocycles. The number of methoxy groups -OCH3 is 1. The quantitative estimate of drug-likeness (QED) is 0.608. The minimum absolute atomic E-state index is 0.416. The van der Waals surface area contributed by atoms with Crippen LogP contribution in [0, 0.1) is 0 Å². The van der Waals surface area contributed by atoms with Crippen LogP contribution in [-0.4, -0.2) is 25.7 Å². The Morgan fingerprint density at radius 2 is 1.94 bits per heavy atom. The molecule has 1 N–H and O–H groups in total. The molecule has 0 unspecified atom stereocenters. The van der Waals surface area contributed by atoms with Gasteiger partial charge in [-0.2, -0.15) is 0 Å². The molecular weight excluding hydrogens is 254 g/mol. The predicted molar refractivity (Wildman–Crippen MR) is 72.5 cm³/mol. The summed E-state index contributed by atoms with van der Waals surface area (Å²) >= 11 is 5.54. The molecular formula is C13H18ClNO3. The number of alkyl halides is 1. The lowest BCUT2D eigenvalue weighted by Gasteiger charge is -2.07. The van der Waals surface area contributed by atoms with Gasteiger partial charge in [0.1, 0.15) is 5.75 Å². The zero-order valence-corrected chi connectivity index (χ0v) is 11.2. The molecule has 5 heteroatoms. The summed E-state index contributed by atoms with van der Waals surface area (Å²) in [7, 11) is 1.59. The van der Waals surface area contributed by atoms with Gasteiger partial charge in [0.05, 0.1) is 13.7 Å². The first-order valence-corrected chi connectivity index (χ1v) is 6.43. The Bertz CT molecular complexity index is 354. The molecule has 1 aromatic carbocycles. The van der Waals surface area contributed by atoms with Gasteiger partial charge in [0, 0.05) is 11.6 Å². The van der Waals surface area contributed by atoms with Crippen LogP contribution in [0.4, 0.5) is 10.5 Å². The molecule has 0 saturated carbocycles. The van der Waals surface area contributed by atoms with E-state index in [9.17, 15) is 4.79 Å². The average molecular weight is 272 g/mol. The van der Waals surface area contributed by atoms with Crippen LogP contribution in [0.15, 0.2) is 24.3 Å². The van der Waals surface area contributed by atoms with E-state index >= 15 is 0 Å². The molecule has 4 nitrogen and oxygen atoms in total. The zero-order valence-electron chi connectivity index (χ0n) is 10.4. The third-order valence-electron chi connectivity index (χ3n) is 2.35. The molecule has 0 spiro atoms. The van der Waals surface area contributed by atoms with Crippen LogP contribution in [0.3, 0.4) is 0 Å². The van der Waals surface area contributed by atoms with Crippen molar-refractivity contribution in [2.75, 3.05) is 24.9 Å². The summed E-state index contributed by atoms with van der Waals surface area (Å²) < 4.78 is 10.0. The number of amides is 1. The molecule has 0 aromatic heterocycles. The van der Waals surface area contributed by atoms with Crippen molar-refractivity contribution in [1.29, 1.82) is 0 Å². The number of carbonyl (C=O) groups excluding carboxylic acids is 1. The smallest absolute Gasteiger partial charge is 0.411 e. The SMILES string of the molecule is COc1ccc(NC(=O)OCCCCCCl)cc1. The number of ether oxygens (including phenoxy) is 2. The van der Waals surface area contributed by atoms with E-state index in [0.29, 0.717) is 18.2 Å². The second kappa shape index (κ2) is 8.64. The van der Waals surface area contributed by atoms with Crippen LogP contribution >= 0.6 is 11.6 Å². The van der Waals surface area contributed by atoms with Crippen molar-refractivity contribution in [2.45, 2.75) is 19.3 Å². The van der Waals surface area contributed by atoms with Crippen LogP contribution in [0.1, 0.15) is 19.3 Å². The molecule has 1 amide bonds. The van der Waals surface area contributed by atoms with Gasteiger partial charge in [-0.1, -0.05) is 0 Å². The molecule has 0 heterocycles. The fourth-order valence-electron chi connectivity index (χ4n) is 1.37. The summed E-state index contributed by atoms with van der Waals surface area (Å²) in [6.07, 6.45) is 2.32. The number of rotatable bonds is 7. The van der Waals surface area contributed by atoms with Crippen LogP contribution in [0.2, 0.25) is 0 Å². The van der Waals surface area contributed by atoms with E-state index in [-0.39, 0.29) is 0 Å². The Hall–Kier alpha value is -1.42. The van der Waals surface area contributed by atoms with E-state index in [0.717, 1.165) is 25.0 Å². The summed E-state index contributed by atoms with van der Waals surface area (Å²) in [4.78, 5) is 11.4. The molecule has 1 rings (SSSR count). The molecule has 0 aliphatic heterocycles. The number of benzene rings is 1. The predicted octanol–water partition coefficient (Wildman–Crippen LogP) is 3.65. The van der Waals surface area contributed by atoms with Gasteiger partial charge in [-0.05, 0) is 43.5 Å². The average Bonchev–Trinajstić information content (AvgIpc) is 2.39. The summed E-state index contributed by atoms with van der Waals surface area (Å²) in [5.41, 5.74) is 0.682. The van der Waals surface area contributed by atoms with Gasteiger partial charge in [0.2, 0.25) is 0 Å². The monoisotopic (exact) mass is 271 g/mol. The molecule has 0 aliphatic rings. The van der Waals surface area contributed by atoms with Gasteiger partial charge in [-0.25, -0.2) is 4.79 Å². The first-order chi connectivity index (χ1) is 8.76. The highest BCUT2D eigenvalue weighted by molar-refractivity contribution is 6.17. The maximum atomic E-state index is 11.4. The van der Waals surface area contributed by atoms with Crippen molar-refractivity contribution in [3.05, 3.63) is 24.3 Å². The summed E-state index contributed by atoms with van der Waals surface area (Å²) in [6, 6.07) is 7.06. The van der Waals surface area contributed by atoms with Gasteiger partial charge >= 0.3 is 6.09 Å². The topological polar surface area (TPSA) is 47.6 Å². The standard InChI is InChI=1S/C13H18ClNO3/c1-17-12-7-5-11(6-8-12)15-13(16)18-10-4-2-3-9-14/h5-8H,2-4,9-10H2,1H3,(H,15,16). The van der Waals surface area contributed by atoms with E-state index in [2.05, 4.69) is 5.32 Å². The van der Waals surface area contributed by atoms with Crippen LogP contribution < -0.4 is 10.1 Å². The molecule has 0 atom stereocenters. The van der Waals surface area contributed by atoms with E-state index in [1.807, 2.05) is 0 Å². The molecule has 0 bridgehead atoms. The van der Waals surface area contributed by atoms with Crippen molar-refractivity contribution < 1.29 is 14.3 Å². The number of halogens is 1. The van der Waals surface area contributed by atoms with Gasteiger partial charge in [-0.3, -0.25) is 5.32 Å². The molecule has 0 saturated heterocycles. The normalized spacial score (nSPS) is 9.89. The van der Waals surface area contributed by atoms with Crippen molar-refractivity contribution in [3.8, 4) is 5.75 Å². The number of unbranched alkanes of at least 4 members (excludes halogenated alkanes) is 2. The zero-order chi connectivity index (χ0) is 13.2. The van der Waals surface area contributed by atoms with E-state index in [1.165, 1.54) is 0 Å². The molecule has 18 heavy (non-hydrogen) atoms. The van der Waals surface area contributed by atoms with Gasteiger partial charge < -0.3 is 9.47 Å². The summed E-state index contributed by atoms with van der Waals surface area (Å²) in [5.74, 6) is 1.40. The molecule has 0 fully saturated rings. The highest BCUT2D eigenvalue weighted by atomic mass is 35.5. The van der Waals surface area contributed by atoms with Crippen molar-refractivity contribution >= 4 is 23.4 Å². The van der Waals surface area contributed by atoms with E-state index in [4.69, 9.17) is 21.1 Å². The highest BCUT2D eigenvalue weighted by Gasteiger charge is 2.02. The Labute approximate surface area is 112 Å². The Balaban J connectivity index is 2.22. The Morgan fingerprint density at radius 3 is 2.56 bits per heavy atom. The number of hydrogen-bond donors (Lipinski definition) is 1. The first-order valence-electron chi connectivity index (χ1n) is 5.90. The van der Waals surface area contributed by atoms with Crippen molar-refractivity contribution in [3.63, 3.8) is 0 Å². The van der Waals surface area contributed by atoms with Crippen LogP contribution in [-0.2, 0) is 4.74 Å². The van der Waals surface area contributed by atoms with Crippen molar-refractivity contribution in [1.82, 2.24) is 0 Å². The Morgan fingerprint density at radius 1 is 1.22 bits per heavy atom. The lowest BCUT2D eigenvalue weighted by atomic mass is 10.3. The third kappa shape index (κ3) is 5.77. The number of carbonyl (C=O) groups is 1. The third-order valence-corrected chi connectivity index (χ3v) is 2.61. The van der Waals surface area contributed by atoms with Crippen LogP contribution in [0.5, 0.6) is 5.75 Å². The first kappa shape index (κ1) is 14.6. The molecule has 0 radical (unpaired) electrons. The maximum absolute atomic E-state index is 11.4. The van der Waals surface area contributed by atoms with Gasteiger partial charge in [-0.15, -0.1) is 11.6 Å². The van der Waals surface area contributed by atoms with Crippen molar-refractivity contribution in [2.24, 2.45) is 0 Å². The number of nitrogens with one attached hydrogen (secondary N) is 1. The molecule has 100 valence electrons. The fourth-order valence-corrected chi connectivity index (χ4v) is 1.56. The largest absolute Gasteiger partial charge is 0.497 e. The summed E-state index contributed by atoms with van der Waals surface area (Å²) in [6.45, 7) is 0.416. The van der Waals surface area contributed by atoms with Gasteiger partial charge in [0.25, 0.3) is 0 Å². The minimum Gasteiger partial charge on any atom is -0.497 e. The second-order valence-electron chi connectivity index (χ2n) is 3.74. The van der Waals surface area contributed by atoms with Crippen LogP contribution in [0.25, 0.3) is 0 Å². The van der Waals surface area contributed by atoms with E-state index in [1.54, 1.807) is 31.4 Å². The highest BCUT2D eigenvalue weighted by Crippen LogP contribution is 2.15.